The summed E-state index contributed by atoms with van der Waals surface area (Å²) in [5, 5.41) is 0. The number of rotatable bonds is 3. The standard InChI is InChI=1S/C13H14BrN3O/c1-8-5-10(7-15)17-13(16-8)11-6-9(14)3-4-12(11)18-2/h3-6H,7,15H2,1-2H3. The predicted molar refractivity (Wildman–Crippen MR) is 74.3 cm³/mol. The second-order valence-electron chi connectivity index (χ2n) is 3.87. The lowest BCUT2D eigenvalue weighted by Gasteiger charge is -2.09. The summed E-state index contributed by atoms with van der Waals surface area (Å²) in [5.74, 6) is 1.38. The van der Waals surface area contributed by atoms with Gasteiger partial charge in [-0.05, 0) is 31.2 Å². The number of hydrogen-bond acceptors (Lipinski definition) is 4. The Morgan fingerprint density at radius 2 is 2.06 bits per heavy atom. The lowest BCUT2D eigenvalue weighted by Crippen LogP contribution is -2.04. The molecule has 0 saturated heterocycles. The van der Waals surface area contributed by atoms with Gasteiger partial charge >= 0.3 is 0 Å². The first-order valence-electron chi connectivity index (χ1n) is 5.52. The summed E-state index contributed by atoms with van der Waals surface area (Å²) < 4.78 is 6.29. The van der Waals surface area contributed by atoms with E-state index in [4.69, 9.17) is 10.5 Å². The molecule has 2 aromatic rings. The summed E-state index contributed by atoms with van der Waals surface area (Å²) in [4.78, 5) is 8.87. The van der Waals surface area contributed by atoms with Crippen molar-refractivity contribution in [1.82, 2.24) is 9.97 Å². The highest BCUT2D eigenvalue weighted by molar-refractivity contribution is 9.10. The minimum atomic E-state index is 0.396. The third-order valence-corrected chi connectivity index (χ3v) is 3.01. The van der Waals surface area contributed by atoms with Crippen LogP contribution in [0.3, 0.4) is 0 Å². The van der Waals surface area contributed by atoms with Crippen molar-refractivity contribution in [3.8, 4) is 17.1 Å². The molecule has 0 aliphatic heterocycles. The van der Waals surface area contributed by atoms with Crippen LogP contribution in [0.15, 0.2) is 28.7 Å². The maximum absolute atomic E-state index is 5.64. The molecule has 0 aliphatic carbocycles. The molecule has 0 fully saturated rings. The molecule has 0 radical (unpaired) electrons. The van der Waals surface area contributed by atoms with E-state index in [1.165, 1.54) is 0 Å². The van der Waals surface area contributed by atoms with Crippen LogP contribution in [0.2, 0.25) is 0 Å². The Balaban J connectivity index is 2.60. The fourth-order valence-electron chi connectivity index (χ4n) is 1.71. The molecular formula is C13H14BrN3O. The summed E-state index contributed by atoms with van der Waals surface area (Å²) in [6, 6.07) is 7.62. The smallest absolute Gasteiger partial charge is 0.163 e. The van der Waals surface area contributed by atoms with Crippen molar-refractivity contribution >= 4 is 15.9 Å². The van der Waals surface area contributed by atoms with E-state index in [2.05, 4.69) is 25.9 Å². The normalized spacial score (nSPS) is 10.4. The van der Waals surface area contributed by atoms with Crippen LogP contribution in [-0.4, -0.2) is 17.1 Å². The maximum atomic E-state index is 5.64. The van der Waals surface area contributed by atoms with Gasteiger partial charge in [0, 0.05) is 16.7 Å². The summed E-state index contributed by atoms with van der Waals surface area (Å²) in [6.45, 7) is 2.32. The van der Waals surface area contributed by atoms with Crippen molar-refractivity contribution in [1.29, 1.82) is 0 Å². The van der Waals surface area contributed by atoms with Gasteiger partial charge in [0.25, 0.3) is 0 Å². The van der Waals surface area contributed by atoms with E-state index in [0.29, 0.717) is 12.4 Å². The number of methoxy groups -OCH3 is 1. The second kappa shape index (κ2) is 5.46. The molecule has 0 bridgehead atoms. The van der Waals surface area contributed by atoms with Gasteiger partial charge in [0.2, 0.25) is 0 Å². The minimum Gasteiger partial charge on any atom is -0.496 e. The van der Waals surface area contributed by atoms with Crippen LogP contribution in [0, 0.1) is 6.92 Å². The zero-order chi connectivity index (χ0) is 13.1. The van der Waals surface area contributed by atoms with Gasteiger partial charge < -0.3 is 10.5 Å². The fourth-order valence-corrected chi connectivity index (χ4v) is 2.07. The Hall–Kier alpha value is -1.46. The quantitative estimate of drug-likeness (QED) is 0.947. The summed E-state index contributed by atoms with van der Waals surface area (Å²) >= 11 is 3.44. The number of nitrogens with zero attached hydrogens (tertiary/aromatic N) is 2. The number of nitrogens with two attached hydrogens (primary N) is 1. The van der Waals surface area contributed by atoms with Gasteiger partial charge in [0.15, 0.2) is 5.82 Å². The molecule has 1 aromatic heterocycles. The molecule has 0 spiro atoms. The molecule has 94 valence electrons. The lowest BCUT2D eigenvalue weighted by atomic mass is 10.1. The Labute approximate surface area is 114 Å². The SMILES string of the molecule is COc1ccc(Br)cc1-c1nc(C)cc(CN)n1. The van der Waals surface area contributed by atoms with Crippen molar-refractivity contribution in [3.05, 3.63) is 40.1 Å². The third kappa shape index (κ3) is 2.68. The highest BCUT2D eigenvalue weighted by Crippen LogP contribution is 2.30. The van der Waals surface area contributed by atoms with Gasteiger partial charge in [-0.15, -0.1) is 0 Å². The van der Waals surface area contributed by atoms with Crippen molar-refractivity contribution in [2.24, 2.45) is 5.73 Å². The van der Waals surface area contributed by atoms with E-state index in [0.717, 1.165) is 27.2 Å². The molecule has 4 nitrogen and oxygen atoms in total. The van der Waals surface area contributed by atoms with Crippen LogP contribution in [-0.2, 0) is 6.54 Å². The zero-order valence-corrected chi connectivity index (χ0v) is 11.9. The van der Waals surface area contributed by atoms with Crippen LogP contribution in [0.4, 0.5) is 0 Å². The molecular weight excluding hydrogens is 294 g/mol. The summed E-state index contributed by atoms with van der Waals surface area (Å²) in [7, 11) is 1.63. The first-order valence-corrected chi connectivity index (χ1v) is 6.32. The average Bonchev–Trinajstić information content (AvgIpc) is 2.38. The molecule has 5 heteroatoms. The molecule has 2 N–H and O–H groups in total. The topological polar surface area (TPSA) is 61.0 Å². The Morgan fingerprint density at radius 3 is 2.72 bits per heavy atom. The summed E-state index contributed by atoms with van der Waals surface area (Å²) in [5.41, 5.74) is 8.20. The molecule has 1 heterocycles. The van der Waals surface area contributed by atoms with Crippen molar-refractivity contribution < 1.29 is 4.74 Å². The molecule has 0 saturated carbocycles. The minimum absolute atomic E-state index is 0.396. The molecule has 0 amide bonds. The first kappa shape index (κ1) is 13.0. The van der Waals surface area contributed by atoms with Crippen LogP contribution in [0.1, 0.15) is 11.4 Å². The Kier molecular flexibility index (Phi) is 3.93. The van der Waals surface area contributed by atoms with E-state index < -0.39 is 0 Å². The van der Waals surface area contributed by atoms with E-state index in [9.17, 15) is 0 Å². The van der Waals surface area contributed by atoms with Gasteiger partial charge in [-0.3, -0.25) is 0 Å². The van der Waals surface area contributed by atoms with Gasteiger partial charge in [0.1, 0.15) is 5.75 Å². The largest absolute Gasteiger partial charge is 0.496 e. The highest BCUT2D eigenvalue weighted by Gasteiger charge is 2.10. The first-order chi connectivity index (χ1) is 8.63. The molecule has 0 unspecified atom stereocenters. The molecule has 0 aliphatic rings. The van der Waals surface area contributed by atoms with E-state index in [1.807, 2.05) is 31.2 Å². The van der Waals surface area contributed by atoms with Crippen molar-refractivity contribution in [2.75, 3.05) is 7.11 Å². The molecule has 0 atom stereocenters. The van der Waals surface area contributed by atoms with Crippen LogP contribution >= 0.6 is 15.9 Å². The van der Waals surface area contributed by atoms with Gasteiger partial charge in [-0.2, -0.15) is 0 Å². The molecule has 18 heavy (non-hydrogen) atoms. The second-order valence-corrected chi connectivity index (χ2v) is 4.79. The van der Waals surface area contributed by atoms with E-state index in [-0.39, 0.29) is 0 Å². The lowest BCUT2D eigenvalue weighted by molar-refractivity contribution is 0.416. The number of halogens is 1. The molecule has 2 rings (SSSR count). The van der Waals surface area contributed by atoms with Crippen molar-refractivity contribution in [2.45, 2.75) is 13.5 Å². The van der Waals surface area contributed by atoms with Gasteiger partial charge in [0.05, 0.1) is 18.4 Å². The Morgan fingerprint density at radius 1 is 1.28 bits per heavy atom. The monoisotopic (exact) mass is 307 g/mol. The number of hydrogen-bond donors (Lipinski definition) is 1. The van der Waals surface area contributed by atoms with Gasteiger partial charge in [-0.25, -0.2) is 9.97 Å². The van der Waals surface area contributed by atoms with Crippen LogP contribution < -0.4 is 10.5 Å². The number of benzene rings is 1. The van der Waals surface area contributed by atoms with E-state index in [1.54, 1.807) is 7.11 Å². The fraction of sp³-hybridized carbons (Fsp3) is 0.231. The zero-order valence-electron chi connectivity index (χ0n) is 10.3. The van der Waals surface area contributed by atoms with Crippen molar-refractivity contribution in [3.63, 3.8) is 0 Å². The summed E-state index contributed by atoms with van der Waals surface area (Å²) in [6.07, 6.45) is 0. The third-order valence-electron chi connectivity index (χ3n) is 2.52. The number of aromatic nitrogens is 2. The predicted octanol–water partition coefficient (Wildman–Crippen LogP) is 2.68. The number of ether oxygens (including phenoxy) is 1. The molecule has 1 aromatic carbocycles. The van der Waals surface area contributed by atoms with Gasteiger partial charge in [-0.1, -0.05) is 15.9 Å². The number of aryl methyl sites for hydroxylation is 1. The Bertz CT molecular complexity index is 572. The van der Waals surface area contributed by atoms with Crippen LogP contribution in [0.5, 0.6) is 5.75 Å². The van der Waals surface area contributed by atoms with Crippen LogP contribution in [0.25, 0.3) is 11.4 Å². The van der Waals surface area contributed by atoms with E-state index >= 15 is 0 Å². The average molecular weight is 308 g/mol. The highest BCUT2D eigenvalue weighted by atomic mass is 79.9. The maximum Gasteiger partial charge on any atom is 0.163 e.